The van der Waals surface area contributed by atoms with Gasteiger partial charge in [-0.1, -0.05) is 12.1 Å². The summed E-state index contributed by atoms with van der Waals surface area (Å²) in [7, 11) is -1.13. The van der Waals surface area contributed by atoms with Gasteiger partial charge in [-0.15, -0.1) is 11.3 Å². The molecule has 146 valence electrons. The quantitative estimate of drug-likeness (QED) is 0.274. The lowest BCUT2D eigenvalue weighted by Gasteiger charge is -2.28. The van der Waals surface area contributed by atoms with E-state index in [1.807, 2.05) is 6.07 Å². The summed E-state index contributed by atoms with van der Waals surface area (Å²) in [6.07, 6.45) is 0.795. The number of fused-ring (bicyclic) bond motifs is 1. The Hall–Kier alpha value is -2.72. The number of aliphatic imine (C=N–C) groups is 1. The van der Waals surface area contributed by atoms with E-state index < -0.39 is 7.12 Å². The Balaban J connectivity index is 1.63. The molecule has 1 atom stereocenters. The first-order valence-corrected chi connectivity index (χ1v) is 9.69. The summed E-state index contributed by atoms with van der Waals surface area (Å²) in [5.41, 5.74) is 12.5. The Labute approximate surface area is 166 Å². The highest BCUT2D eigenvalue weighted by Crippen LogP contribution is 2.36. The molecule has 8 nitrogen and oxygen atoms in total. The van der Waals surface area contributed by atoms with Crippen LogP contribution < -0.4 is 16.1 Å². The molecule has 0 spiro atoms. The Morgan fingerprint density at radius 1 is 1.43 bits per heavy atom. The molecule has 3 rings (SSSR count). The van der Waals surface area contributed by atoms with Crippen LogP contribution in [-0.2, 0) is 24.2 Å². The van der Waals surface area contributed by atoms with Gasteiger partial charge in [0.15, 0.2) is 11.7 Å². The Bertz CT molecular complexity index is 926. The predicted molar refractivity (Wildman–Crippen MR) is 107 cm³/mol. The van der Waals surface area contributed by atoms with Gasteiger partial charge in [0.2, 0.25) is 0 Å². The highest BCUT2D eigenvalue weighted by Gasteiger charge is 2.37. The Morgan fingerprint density at radius 2 is 2.21 bits per heavy atom. The molecule has 0 fully saturated rings. The Kier molecular flexibility index (Phi) is 6.10. The van der Waals surface area contributed by atoms with Crippen molar-refractivity contribution < 1.29 is 19.3 Å². The van der Waals surface area contributed by atoms with Crippen LogP contribution in [0.25, 0.3) is 0 Å². The van der Waals surface area contributed by atoms with Crippen molar-refractivity contribution in [2.24, 2.45) is 16.5 Å². The van der Waals surface area contributed by atoms with E-state index in [-0.39, 0.29) is 42.7 Å². The maximum absolute atomic E-state index is 12.5. The first kappa shape index (κ1) is 20.0. The SMILES string of the molecule is CC(=O)c1cccc2c1OB(O)[C@@H](CC(=O)Cc1csc(CN=C(N)N)n1)C2. The van der Waals surface area contributed by atoms with Crippen LogP contribution in [0.15, 0.2) is 28.6 Å². The van der Waals surface area contributed by atoms with E-state index in [4.69, 9.17) is 16.1 Å². The molecule has 28 heavy (non-hydrogen) atoms. The van der Waals surface area contributed by atoms with Gasteiger partial charge >= 0.3 is 7.12 Å². The van der Waals surface area contributed by atoms with Crippen molar-refractivity contribution in [1.29, 1.82) is 0 Å². The van der Waals surface area contributed by atoms with Gasteiger partial charge in [-0.05, 0) is 25.0 Å². The lowest BCUT2D eigenvalue weighted by molar-refractivity contribution is -0.118. The number of benzene rings is 1. The molecule has 1 aliphatic rings. The van der Waals surface area contributed by atoms with E-state index in [1.165, 1.54) is 18.3 Å². The number of hydrogen-bond donors (Lipinski definition) is 3. The van der Waals surface area contributed by atoms with Crippen LogP contribution in [-0.4, -0.2) is 34.7 Å². The third kappa shape index (κ3) is 4.76. The molecule has 0 radical (unpaired) electrons. The van der Waals surface area contributed by atoms with E-state index in [0.717, 1.165) is 10.6 Å². The molecule has 5 N–H and O–H groups in total. The number of carbonyl (C=O) groups excluding carboxylic acids is 2. The zero-order valence-electron chi connectivity index (χ0n) is 15.4. The van der Waals surface area contributed by atoms with E-state index in [9.17, 15) is 14.6 Å². The van der Waals surface area contributed by atoms with Crippen molar-refractivity contribution in [3.05, 3.63) is 45.4 Å². The fourth-order valence-corrected chi connectivity index (χ4v) is 3.88. The smallest absolute Gasteiger partial charge is 0.526 e. The van der Waals surface area contributed by atoms with Crippen LogP contribution >= 0.6 is 11.3 Å². The molecule has 0 aliphatic carbocycles. The second-order valence-corrected chi connectivity index (χ2v) is 7.66. The molecule has 0 saturated heterocycles. The average Bonchev–Trinajstić information content (AvgIpc) is 3.07. The summed E-state index contributed by atoms with van der Waals surface area (Å²) in [6, 6.07) is 5.30. The molecule has 2 heterocycles. The van der Waals surface area contributed by atoms with E-state index in [1.54, 1.807) is 17.5 Å². The van der Waals surface area contributed by atoms with Gasteiger partial charge in [-0.3, -0.25) is 9.59 Å². The average molecular weight is 400 g/mol. The van der Waals surface area contributed by atoms with Crippen molar-refractivity contribution in [2.75, 3.05) is 0 Å². The van der Waals surface area contributed by atoms with E-state index >= 15 is 0 Å². The first-order valence-electron chi connectivity index (χ1n) is 8.81. The number of rotatable bonds is 7. The standard InChI is InChI=1S/C18H21BN4O4S/c1-10(24)15-4-2-3-11-5-12(19(26)27-17(11)15)6-14(25)7-13-9-28-16(23-13)8-22-18(20)21/h2-4,9,12,26H,5-8H2,1H3,(H4,20,21,22)/t12-/m1/s1. The maximum Gasteiger partial charge on any atom is 0.526 e. The third-order valence-electron chi connectivity index (χ3n) is 4.46. The summed E-state index contributed by atoms with van der Waals surface area (Å²) in [5.74, 6) is -0.138. The molecule has 10 heteroatoms. The number of nitrogens with two attached hydrogens (primary N) is 2. The molecule has 0 bridgehead atoms. The first-order chi connectivity index (χ1) is 13.3. The second kappa shape index (κ2) is 8.53. The molecule has 1 aromatic carbocycles. The van der Waals surface area contributed by atoms with Gasteiger partial charge in [0.05, 0.1) is 17.8 Å². The van der Waals surface area contributed by atoms with Gasteiger partial charge in [-0.25, -0.2) is 9.98 Å². The largest absolute Gasteiger partial charge is 0.535 e. The lowest BCUT2D eigenvalue weighted by Crippen LogP contribution is -2.36. The fourth-order valence-electron chi connectivity index (χ4n) is 3.16. The highest BCUT2D eigenvalue weighted by molar-refractivity contribution is 7.09. The topological polar surface area (TPSA) is 141 Å². The van der Waals surface area contributed by atoms with Crippen molar-refractivity contribution in [3.8, 4) is 5.75 Å². The zero-order chi connectivity index (χ0) is 20.3. The summed E-state index contributed by atoms with van der Waals surface area (Å²) in [4.78, 5) is 32.4. The molecule has 2 aromatic rings. The van der Waals surface area contributed by atoms with E-state index in [2.05, 4.69) is 9.98 Å². The second-order valence-electron chi connectivity index (χ2n) is 6.72. The van der Waals surface area contributed by atoms with Gasteiger partial charge in [-0.2, -0.15) is 0 Å². The molecule has 0 amide bonds. The minimum atomic E-state index is -1.13. The van der Waals surface area contributed by atoms with Crippen LogP contribution in [0.1, 0.15) is 40.0 Å². The normalized spacial score (nSPS) is 15.5. The van der Waals surface area contributed by atoms with Gasteiger partial charge in [0, 0.05) is 24.0 Å². The minimum absolute atomic E-state index is 0.00711. The number of aromatic nitrogens is 1. The van der Waals surface area contributed by atoms with Crippen molar-refractivity contribution in [2.45, 2.75) is 38.5 Å². The summed E-state index contributed by atoms with van der Waals surface area (Å²) >= 11 is 1.39. The summed E-state index contributed by atoms with van der Waals surface area (Å²) in [6.45, 7) is 1.74. The maximum atomic E-state index is 12.5. The summed E-state index contributed by atoms with van der Waals surface area (Å²) in [5, 5.41) is 12.9. The van der Waals surface area contributed by atoms with E-state index in [0.29, 0.717) is 23.4 Å². The van der Waals surface area contributed by atoms with Gasteiger partial charge in [0.1, 0.15) is 16.5 Å². The van der Waals surface area contributed by atoms with Crippen molar-refractivity contribution in [1.82, 2.24) is 4.98 Å². The van der Waals surface area contributed by atoms with Crippen molar-refractivity contribution >= 4 is 36.0 Å². The highest BCUT2D eigenvalue weighted by atomic mass is 32.1. The number of carbonyl (C=O) groups is 2. The van der Waals surface area contributed by atoms with Crippen molar-refractivity contribution in [3.63, 3.8) is 0 Å². The van der Waals surface area contributed by atoms with Crippen LogP contribution in [0.2, 0.25) is 5.82 Å². The van der Waals surface area contributed by atoms with Gasteiger partial charge < -0.3 is 21.1 Å². The molecule has 0 saturated carbocycles. The summed E-state index contributed by atoms with van der Waals surface area (Å²) < 4.78 is 5.58. The van der Waals surface area contributed by atoms with Crippen LogP contribution in [0, 0.1) is 0 Å². The third-order valence-corrected chi connectivity index (χ3v) is 5.35. The number of nitrogens with zero attached hydrogens (tertiary/aromatic N) is 2. The molecular formula is C18H21BN4O4S. The Morgan fingerprint density at radius 3 is 2.93 bits per heavy atom. The molecule has 1 aliphatic heterocycles. The number of hydrogen-bond acceptors (Lipinski definition) is 7. The number of guanidine groups is 1. The lowest BCUT2D eigenvalue weighted by atomic mass is 9.64. The molecular weight excluding hydrogens is 379 g/mol. The monoisotopic (exact) mass is 400 g/mol. The minimum Gasteiger partial charge on any atom is -0.535 e. The zero-order valence-corrected chi connectivity index (χ0v) is 16.2. The number of ketones is 2. The fraction of sp³-hybridized carbons (Fsp3) is 0.333. The molecule has 0 unspecified atom stereocenters. The number of para-hydroxylation sites is 1. The van der Waals surface area contributed by atoms with Crippen LogP contribution in [0.5, 0.6) is 5.75 Å². The van der Waals surface area contributed by atoms with Crippen LogP contribution in [0.4, 0.5) is 0 Å². The number of Topliss-reactive ketones (excluding diaryl/α,β-unsaturated/α-hetero) is 2. The van der Waals surface area contributed by atoms with Crippen LogP contribution in [0.3, 0.4) is 0 Å². The van der Waals surface area contributed by atoms with Gasteiger partial charge in [0.25, 0.3) is 0 Å². The molecule has 1 aromatic heterocycles. The predicted octanol–water partition coefficient (Wildman–Crippen LogP) is 1.11. The number of thiazole rings is 1.